The summed E-state index contributed by atoms with van der Waals surface area (Å²) in [6.45, 7) is 11.2. The molecule has 0 unspecified atom stereocenters. The number of nitrogens with zero attached hydrogens (tertiary/aromatic N) is 4. The number of amides is 1. The number of rotatable bonds is 4. The number of carbonyl (C=O) groups excluding carboxylic acids is 1. The molecular weight excluding hydrogens is 493 g/mol. The highest BCUT2D eigenvalue weighted by molar-refractivity contribution is 7.99. The highest BCUT2D eigenvalue weighted by Gasteiger charge is 2.35. The molecule has 0 radical (unpaired) electrons. The lowest BCUT2D eigenvalue weighted by molar-refractivity contribution is 0.00395. The maximum absolute atomic E-state index is 12.3. The van der Waals surface area contributed by atoms with Gasteiger partial charge < -0.3 is 15.0 Å². The quantitative estimate of drug-likeness (QED) is 0.429. The standard InChI is InChI=1S/C24H29Cl2N5O2S/c1-15-19(34-17-8-6-7-16(25)18(17)26)20-27-11-14-31(20)21(28-15)30-12-9-24(5,10-13-30)33-22(32)29-23(2,3)4/h6-8,11,14H,9-10,12-13H2,1-5H3,(H,29,32). The smallest absolute Gasteiger partial charge is 0.408 e. The molecule has 0 aliphatic carbocycles. The Morgan fingerprint density at radius 2 is 1.94 bits per heavy atom. The molecule has 1 saturated heterocycles. The summed E-state index contributed by atoms with van der Waals surface area (Å²) in [6.07, 6.45) is 4.72. The number of anilines is 1. The number of hydrogen-bond donors (Lipinski definition) is 1. The van der Waals surface area contributed by atoms with Crippen molar-refractivity contribution in [2.45, 2.75) is 68.4 Å². The normalized spacial score (nSPS) is 16.0. The summed E-state index contributed by atoms with van der Waals surface area (Å²) < 4.78 is 7.80. The first-order chi connectivity index (χ1) is 16.0. The first kappa shape index (κ1) is 24.9. The maximum atomic E-state index is 12.3. The van der Waals surface area contributed by atoms with Crippen molar-refractivity contribution in [3.8, 4) is 0 Å². The van der Waals surface area contributed by atoms with E-state index in [-0.39, 0.29) is 11.6 Å². The summed E-state index contributed by atoms with van der Waals surface area (Å²) in [5, 5.41) is 3.91. The molecule has 10 heteroatoms. The highest BCUT2D eigenvalue weighted by Crippen LogP contribution is 2.40. The van der Waals surface area contributed by atoms with E-state index in [1.165, 1.54) is 11.8 Å². The molecule has 0 bridgehead atoms. The van der Waals surface area contributed by atoms with Gasteiger partial charge in [0.1, 0.15) is 5.60 Å². The number of piperidine rings is 1. The lowest BCUT2D eigenvalue weighted by atomic mass is 9.93. The van der Waals surface area contributed by atoms with Crippen LogP contribution >= 0.6 is 35.0 Å². The predicted octanol–water partition coefficient (Wildman–Crippen LogP) is 6.38. The minimum atomic E-state index is -0.520. The van der Waals surface area contributed by atoms with Gasteiger partial charge >= 0.3 is 6.09 Å². The van der Waals surface area contributed by atoms with E-state index in [0.29, 0.717) is 36.0 Å². The van der Waals surface area contributed by atoms with Crippen molar-refractivity contribution < 1.29 is 9.53 Å². The number of nitrogens with one attached hydrogen (secondary N) is 1. The maximum Gasteiger partial charge on any atom is 0.408 e. The fourth-order valence-corrected chi connectivity index (χ4v) is 5.38. The van der Waals surface area contributed by atoms with Crippen molar-refractivity contribution in [2.75, 3.05) is 18.0 Å². The van der Waals surface area contributed by atoms with Crippen molar-refractivity contribution in [3.05, 3.63) is 46.3 Å². The number of fused-ring (bicyclic) bond motifs is 1. The first-order valence-electron chi connectivity index (χ1n) is 11.2. The summed E-state index contributed by atoms with van der Waals surface area (Å²) in [6, 6.07) is 5.59. The Morgan fingerprint density at radius 1 is 1.24 bits per heavy atom. The van der Waals surface area contributed by atoms with Crippen LogP contribution < -0.4 is 10.2 Å². The largest absolute Gasteiger partial charge is 0.443 e. The van der Waals surface area contributed by atoms with Gasteiger partial charge in [0.15, 0.2) is 5.65 Å². The number of hydrogen-bond acceptors (Lipinski definition) is 6. The Labute approximate surface area is 214 Å². The number of benzene rings is 1. The van der Waals surface area contributed by atoms with Crippen LogP contribution in [0.1, 0.15) is 46.2 Å². The molecule has 7 nitrogen and oxygen atoms in total. The van der Waals surface area contributed by atoms with E-state index in [0.717, 1.165) is 27.1 Å². The molecule has 34 heavy (non-hydrogen) atoms. The number of aromatic nitrogens is 3. The van der Waals surface area contributed by atoms with Crippen LogP contribution in [-0.2, 0) is 4.74 Å². The zero-order valence-electron chi connectivity index (χ0n) is 20.0. The zero-order valence-corrected chi connectivity index (χ0v) is 22.3. The zero-order chi connectivity index (χ0) is 24.7. The van der Waals surface area contributed by atoms with Gasteiger partial charge in [-0.3, -0.25) is 4.40 Å². The average Bonchev–Trinajstić information content (AvgIpc) is 3.22. The molecule has 1 aliphatic heterocycles. The van der Waals surface area contributed by atoms with Crippen molar-refractivity contribution in [1.82, 2.24) is 19.7 Å². The van der Waals surface area contributed by atoms with Gasteiger partial charge in [-0.2, -0.15) is 0 Å². The van der Waals surface area contributed by atoms with Gasteiger partial charge in [-0.1, -0.05) is 41.0 Å². The summed E-state index contributed by atoms with van der Waals surface area (Å²) in [7, 11) is 0. The third kappa shape index (κ3) is 5.39. The average molecular weight is 523 g/mol. The Morgan fingerprint density at radius 3 is 2.62 bits per heavy atom. The molecule has 1 fully saturated rings. The molecule has 0 saturated carbocycles. The number of halogens is 2. The fourth-order valence-electron chi connectivity index (χ4n) is 3.90. The number of carbonyl (C=O) groups is 1. The second kappa shape index (κ2) is 9.47. The summed E-state index contributed by atoms with van der Waals surface area (Å²) in [5.74, 6) is 0.827. The van der Waals surface area contributed by atoms with Crippen LogP contribution in [0.2, 0.25) is 10.0 Å². The Bertz CT molecular complexity index is 1220. The molecule has 0 atom stereocenters. The third-order valence-electron chi connectivity index (χ3n) is 5.70. The monoisotopic (exact) mass is 521 g/mol. The summed E-state index contributed by atoms with van der Waals surface area (Å²) in [4.78, 5) is 25.9. The van der Waals surface area contributed by atoms with Gasteiger partial charge in [0.25, 0.3) is 0 Å². The fraction of sp³-hybridized carbons (Fsp3) is 0.458. The van der Waals surface area contributed by atoms with Gasteiger partial charge in [-0.05, 0) is 46.8 Å². The van der Waals surface area contributed by atoms with E-state index in [1.54, 1.807) is 12.3 Å². The molecular formula is C24H29Cl2N5O2S. The van der Waals surface area contributed by atoms with Crippen LogP contribution in [0.3, 0.4) is 0 Å². The number of ether oxygens (including phenoxy) is 1. The molecule has 1 aromatic carbocycles. The molecule has 0 spiro atoms. The SMILES string of the molecule is Cc1nc(N2CCC(C)(OC(=O)NC(C)(C)C)CC2)n2ccnc2c1Sc1cccc(Cl)c1Cl. The minimum absolute atomic E-state index is 0.336. The molecule has 4 rings (SSSR count). The van der Waals surface area contributed by atoms with Crippen molar-refractivity contribution >= 4 is 52.7 Å². The Kier molecular flexibility index (Phi) is 6.95. The van der Waals surface area contributed by atoms with E-state index in [9.17, 15) is 4.79 Å². The second-order valence-corrected chi connectivity index (χ2v) is 11.6. The van der Waals surface area contributed by atoms with Crippen molar-refractivity contribution in [1.29, 1.82) is 0 Å². The molecule has 1 N–H and O–H groups in total. The Balaban J connectivity index is 1.54. The number of alkyl carbamates (subject to hydrolysis) is 1. The molecule has 2 aromatic heterocycles. The summed E-state index contributed by atoms with van der Waals surface area (Å²) in [5.41, 5.74) is 0.827. The van der Waals surface area contributed by atoms with Gasteiger partial charge in [-0.25, -0.2) is 14.8 Å². The molecule has 1 aliphatic rings. The van der Waals surface area contributed by atoms with Crippen molar-refractivity contribution in [2.24, 2.45) is 0 Å². The van der Waals surface area contributed by atoms with E-state index >= 15 is 0 Å². The van der Waals surface area contributed by atoms with Crippen LogP contribution in [0.5, 0.6) is 0 Å². The van der Waals surface area contributed by atoms with E-state index in [4.69, 9.17) is 32.9 Å². The Hall–Kier alpha value is -2.16. The number of aryl methyl sites for hydroxylation is 1. The van der Waals surface area contributed by atoms with Crippen LogP contribution in [-0.4, -0.2) is 44.7 Å². The first-order valence-corrected chi connectivity index (χ1v) is 12.7. The van der Waals surface area contributed by atoms with Crippen LogP contribution in [0.25, 0.3) is 5.65 Å². The molecule has 3 aromatic rings. The van der Waals surface area contributed by atoms with E-state index in [2.05, 4.69) is 15.2 Å². The lowest BCUT2D eigenvalue weighted by Crippen LogP contribution is -2.50. The van der Waals surface area contributed by atoms with Gasteiger partial charge in [0.05, 0.1) is 20.6 Å². The van der Waals surface area contributed by atoms with Crippen molar-refractivity contribution in [3.63, 3.8) is 0 Å². The van der Waals surface area contributed by atoms with Crippen LogP contribution in [0.15, 0.2) is 40.4 Å². The predicted molar refractivity (Wildman–Crippen MR) is 138 cm³/mol. The summed E-state index contributed by atoms with van der Waals surface area (Å²) >= 11 is 14.1. The van der Waals surface area contributed by atoms with E-state index < -0.39 is 5.60 Å². The topological polar surface area (TPSA) is 71.8 Å². The molecule has 1 amide bonds. The van der Waals surface area contributed by atoms with Gasteiger partial charge in [-0.15, -0.1) is 0 Å². The number of imidazole rings is 1. The van der Waals surface area contributed by atoms with Gasteiger partial charge in [0, 0.05) is 48.8 Å². The van der Waals surface area contributed by atoms with Crippen LogP contribution in [0, 0.1) is 6.92 Å². The van der Waals surface area contributed by atoms with Crippen LogP contribution in [0.4, 0.5) is 10.7 Å². The second-order valence-electron chi connectivity index (χ2n) is 9.80. The lowest BCUT2D eigenvalue weighted by Gasteiger charge is -2.39. The third-order valence-corrected chi connectivity index (χ3v) is 7.88. The molecule has 3 heterocycles. The minimum Gasteiger partial charge on any atom is -0.443 e. The molecule has 182 valence electrons. The highest BCUT2D eigenvalue weighted by atomic mass is 35.5. The van der Waals surface area contributed by atoms with Gasteiger partial charge in [0.2, 0.25) is 5.95 Å². The van der Waals surface area contributed by atoms with E-state index in [1.807, 2.05) is 57.3 Å².